The molecule has 1 aromatic rings. The fraction of sp³-hybridized carbons (Fsp3) is 0.615. The van der Waals surface area contributed by atoms with Gasteiger partial charge >= 0.3 is 0 Å². The van der Waals surface area contributed by atoms with E-state index >= 15 is 0 Å². The predicted molar refractivity (Wildman–Crippen MR) is 80.0 cm³/mol. The number of thiophene rings is 1. The third kappa shape index (κ3) is 4.98. The number of carbonyl (C=O) groups is 1. The molecule has 1 amide bonds. The normalized spacial score (nSPS) is 11.3. The highest BCUT2D eigenvalue weighted by atomic mass is 79.9. The molecular weight excluding hydrogens is 314 g/mol. The second-order valence-electron chi connectivity index (χ2n) is 4.99. The lowest BCUT2D eigenvalue weighted by atomic mass is 9.88. The fourth-order valence-corrected chi connectivity index (χ4v) is 2.64. The van der Waals surface area contributed by atoms with Crippen molar-refractivity contribution in [2.24, 2.45) is 5.41 Å². The molecule has 1 heterocycles. The molecule has 0 fully saturated rings. The average molecular weight is 334 g/mol. The number of amides is 1. The molecule has 3 nitrogen and oxygen atoms in total. The quantitative estimate of drug-likeness (QED) is 0.773. The molecule has 18 heavy (non-hydrogen) atoms. The van der Waals surface area contributed by atoms with Gasteiger partial charge in [0, 0.05) is 23.3 Å². The standard InChI is InChI=1S/C13H20BrNO2S/c1-13(2,5-4-6-14)9-15-12(16)11-7-10(17-3)8-18-11/h7-8H,4-6,9H2,1-3H3,(H,15,16). The summed E-state index contributed by atoms with van der Waals surface area (Å²) in [6.07, 6.45) is 2.21. The molecule has 1 N–H and O–H groups in total. The van der Waals surface area contributed by atoms with Crippen molar-refractivity contribution >= 4 is 33.2 Å². The Labute approximate surface area is 121 Å². The molecule has 0 saturated carbocycles. The van der Waals surface area contributed by atoms with Crippen LogP contribution in [0.2, 0.25) is 0 Å². The summed E-state index contributed by atoms with van der Waals surface area (Å²) in [5.74, 6) is 0.721. The maximum atomic E-state index is 11.9. The Balaban J connectivity index is 2.45. The van der Waals surface area contributed by atoms with Crippen LogP contribution in [0.5, 0.6) is 5.75 Å². The van der Waals surface area contributed by atoms with Crippen molar-refractivity contribution in [3.05, 3.63) is 16.3 Å². The van der Waals surface area contributed by atoms with Crippen LogP contribution >= 0.6 is 27.3 Å². The van der Waals surface area contributed by atoms with E-state index in [1.165, 1.54) is 11.3 Å². The maximum Gasteiger partial charge on any atom is 0.261 e. The van der Waals surface area contributed by atoms with Gasteiger partial charge in [-0.05, 0) is 18.3 Å². The molecule has 1 aromatic heterocycles. The molecule has 0 bridgehead atoms. The summed E-state index contributed by atoms with van der Waals surface area (Å²) in [6.45, 7) is 5.04. The number of halogens is 1. The van der Waals surface area contributed by atoms with Gasteiger partial charge in [0.05, 0.1) is 12.0 Å². The highest BCUT2D eigenvalue weighted by molar-refractivity contribution is 9.09. The smallest absolute Gasteiger partial charge is 0.261 e. The van der Waals surface area contributed by atoms with Crippen LogP contribution in [0.3, 0.4) is 0 Å². The van der Waals surface area contributed by atoms with E-state index in [1.807, 2.05) is 5.38 Å². The van der Waals surface area contributed by atoms with Gasteiger partial charge in [-0.2, -0.15) is 0 Å². The van der Waals surface area contributed by atoms with E-state index in [1.54, 1.807) is 13.2 Å². The largest absolute Gasteiger partial charge is 0.496 e. The summed E-state index contributed by atoms with van der Waals surface area (Å²) >= 11 is 4.84. The molecule has 102 valence electrons. The van der Waals surface area contributed by atoms with Gasteiger partial charge in [-0.1, -0.05) is 29.8 Å². The second-order valence-corrected chi connectivity index (χ2v) is 6.69. The first-order chi connectivity index (χ1) is 8.48. The topological polar surface area (TPSA) is 38.3 Å². The molecule has 0 aromatic carbocycles. The Bertz CT molecular complexity index is 390. The Hall–Kier alpha value is -0.550. The van der Waals surface area contributed by atoms with Crippen molar-refractivity contribution < 1.29 is 9.53 Å². The van der Waals surface area contributed by atoms with Crippen LogP contribution in [0.4, 0.5) is 0 Å². The van der Waals surface area contributed by atoms with Crippen LogP contribution in [0.15, 0.2) is 11.4 Å². The van der Waals surface area contributed by atoms with E-state index in [2.05, 4.69) is 35.1 Å². The van der Waals surface area contributed by atoms with Crippen molar-refractivity contribution in [2.75, 3.05) is 19.0 Å². The SMILES string of the molecule is COc1csc(C(=O)NCC(C)(C)CCCBr)c1. The highest BCUT2D eigenvalue weighted by Gasteiger charge is 2.19. The van der Waals surface area contributed by atoms with Crippen molar-refractivity contribution in [3.8, 4) is 5.75 Å². The molecule has 0 aliphatic rings. The van der Waals surface area contributed by atoms with Gasteiger partial charge in [0.25, 0.3) is 5.91 Å². The first-order valence-electron chi connectivity index (χ1n) is 5.95. The number of carbonyl (C=O) groups excluding carboxylic acids is 1. The summed E-state index contributed by atoms with van der Waals surface area (Å²) in [4.78, 5) is 12.6. The lowest BCUT2D eigenvalue weighted by Crippen LogP contribution is -2.33. The van der Waals surface area contributed by atoms with Gasteiger partial charge in [0.2, 0.25) is 0 Å². The minimum Gasteiger partial charge on any atom is -0.496 e. The lowest BCUT2D eigenvalue weighted by Gasteiger charge is -2.24. The van der Waals surface area contributed by atoms with E-state index in [0.717, 1.165) is 23.9 Å². The van der Waals surface area contributed by atoms with Gasteiger partial charge in [0.1, 0.15) is 5.75 Å². The van der Waals surface area contributed by atoms with Crippen LogP contribution in [-0.4, -0.2) is 24.9 Å². The van der Waals surface area contributed by atoms with Crippen LogP contribution in [-0.2, 0) is 0 Å². The molecule has 0 unspecified atom stereocenters. The first-order valence-corrected chi connectivity index (χ1v) is 7.95. The second kappa shape index (κ2) is 7.14. The minimum atomic E-state index is -0.0183. The molecule has 5 heteroatoms. The third-order valence-corrected chi connectivity index (χ3v) is 4.22. The summed E-state index contributed by atoms with van der Waals surface area (Å²) < 4.78 is 5.07. The van der Waals surface area contributed by atoms with E-state index in [4.69, 9.17) is 4.74 Å². The molecule has 0 aliphatic heterocycles. The number of alkyl halides is 1. The molecule has 0 spiro atoms. The Morgan fingerprint density at radius 1 is 1.56 bits per heavy atom. The van der Waals surface area contributed by atoms with Crippen molar-refractivity contribution in [3.63, 3.8) is 0 Å². The van der Waals surface area contributed by atoms with Gasteiger partial charge in [0.15, 0.2) is 0 Å². The Morgan fingerprint density at radius 3 is 2.83 bits per heavy atom. The molecule has 0 saturated heterocycles. The predicted octanol–water partition coefficient (Wildman–Crippen LogP) is 3.69. The monoisotopic (exact) mass is 333 g/mol. The van der Waals surface area contributed by atoms with Crippen molar-refractivity contribution in [2.45, 2.75) is 26.7 Å². The van der Waals surface area contributed by atoms with Crippen molar-refractivity contribution in [1.29, 1.82) is 0 Å². The van der Waals surface area contributed by atoms with E-state index in [0.29, 0.717) is 11.4 Å². The number of rotatable bonds is 7. The molecule has 0 aliphatic carbocycles. The number of nitrogens with one attached hydrogen (secondary N) is 1. The van der Waals surface area contributed by atoms with Crippen LogP contribution < -0.4 is 10.1 Å². The van der Waals surface area contributed by atoms with Gasteiger partial charge < -0.3 is 10.1 Å². The van der Waals surface area contributed by atoms with Crippen LogP contribution in [0.1, 0.15) is 36.4 Å². The minimum absolute atomic E-state index is 0.0183. The van der Waals surface area contributed by atoms with Gasteiger partial charge in [-0.3, -0.25) is 4.79 Å². The van der Waals surface area contributed by atoms with Crippen LogP contribution in [0.25, 0.3) is 0 Å². The molecule has 1 rings (SSSR count). The summed E-state index contributed by atoms with van der Waals surface area (Å²) in [5, 5.41) is 5.83. The van der Waals surface area contributed by atoms with Crippen LogP contribution in [0, 0.1) is 5.41 Å². The van der Waals surface area contributed by atoms with Gasteiger partial charge in [-0.25, -0.2) is 0 Å². The zero-order chi connectivity index (χ0) is 13.6. The molecule has 0 atom stereocenters. The number of ether oxygens (including phenoxy) is 1. The summed E-state index contributed by atoms with van der Waals surface area (Å²) in [6, 6.07) is 1.77. The maximum absolute atomic E-state index is 11.9. The highest BCUT2D eigenvalue weighted by Crippen LogP contribution is 2.23. The number of methoxy groups -OCH3 is 1. The van der Waals surface area contributed by atoms with E-state index in [9.17, 15) is 4.79 Å². The third-order valence-electron chi connectivity index (χ3n) is 2.75. The zero-order valence-corrected chi connectivity index (χ0v) is 13.5. The first kappa shape index (κ1) is 15.5. The Morgan fingerprint density at radius 2 is 2.28 bits per heavy atom. The van der Waals surface area contributed by atoms with Gasteiger partial charge in [-0.15, -0.1) is 11.3 Å². The molecule has 0 radical (unpaired) electrons. The van der Waals surface area contributed by atoms with E-state index < -0.39 is 0 Å². The summed E-state index contributed by atoms with van der Waals surface area (Å²) in [5.41, 5.74) is 0.130. The van der Waals surface area contributed by atoms with E-state index in [-0.39, 0.29) is 11.3 Å². The number of hydrogen-bond donors (Lipinski definition) is 1. The number of hydrogen-bond acceptors (Lipinski definition) is 3. The molecular formula is C13H20BrNO2S. The fourth-order valence-electron chi connectivity index (χ4n) is 1.59. The Kier molecular flexibility index (Phi) is 6.15. The van der Waals surface area contributed by atoms with Crippen molar-refractivity contribution in [1.82, 2.24) is 5.32 Å². The summed E-state index contributed by atoms with van der Waals surface area (Å²) in [7, 11) is 1.60. The average Bonchev–Trinajstić information content (AvgIpc) is 2.82. The lowest BCUT2D eigenvalue weighted by molar-refractivity contribution is 0.0938. The zero-order valence-electron chi connectivity index (χ0n) is 11.1.